The van der Waals surface area contributed by atoms with Crippen LogP contribution in [0.3, 0.4) is 0 Å². The van der Waals surface area contributed by atoms with Crippen LogP contribution in [0.2, 0.25) is 0 Å². The predicted molar refractivity (Wildman–Crippen MR) is 55.1 cm³/mol. The van der Waals surface area contributed by atoms with Crippen LogP contribution in [0.1, 0.15) is 10.6 Å². The molecule has 0 fully saturated rings. The number of rotatable bonds is 3. The fraction of sp³-hybridized carbons (Fsp3) is 0.111. The van der Waals surface area contributed by atoms with Crippen molar-refractivity contribution < 1.29 is 13.9 Å². The Balaban J connectivity index is 2.14. The lowest BCUT2D eigenvalue weighted by Gasteiger charge is -2.05. The summed E-state index contributed by atoms with van der Waals surface area (Å²) in [5.41, 5.74) is 0.276. The van der Waals surface area contributed by atoms with E-state index in [9.17, 15) is 9.18 Å². The minimum absolute atomic E-state index is 0.0996. The van der Waals surface area contributed by atoms with Crippen LogP contribution in [-0.4, -0.2) is 33.6 Å². The molecule has 0 saturated heterocycles. The van der Waals surface area contributed by atoms with Gasteiger partial charge in [-0.2, -0.15) is 5.21 Å². The number of carbonyl (C=O) groups is 1. The van der Waals surface area contributed by atoms with Crippen LogP contribution >= 0.6 is 0 Å². The molecule has 8 heteroatoms. The zero-order chi connectivity index (χ0) is 12.3. The van der Waals surface area contributed by atoms with Crippen molar-refractivity contribution in [2.45, 2.75) is 0 Å². The number of amides is 1. The van der Waals surface area contributed by atoms with Gasteiger partial charge >= 0.3 is 0 Å². The number of hydrogen-bond donors (Lipinski definition) is 2. The number of aromatic amines is 1. The second-order valence-electron chi connectivity index (χ2n) is 3.04. The van der Waals surface area contributed by atoms with Crippen molar-refractivity contribution in [2.24, 2.45) is 0 Å². The first-order valence-electron chi connectivity index (χ1n) is 4.59. The average molecular weight is 237 g/mol. The summed E-state index contributed by atoms with van der Waals surface area (Å²) in [5, 5.41) is 14.8. The first kappa shape index (κ1) is 11.0. The van der Waals surface area contributed by atoms with Gasteiger partial charge in [-0.15, -0.1) is 10.2 Å². The number of nitrogens with zero attached hydrogens (tertiary/aromatic N) is 3. The number of aromatic nitrogens is 4. The Hall–Kier alpha value is -2.51. The number of carbonyl (C=O) groups excluding carboxylic acids is 1. The number of ether oxygens (including phenoxy) is 1. The van der Waals surface area contributed by atoms with E-state index in [0.29, 0.717) is 0 Å². The Morgan fingerprint density at radius 2 is 2.35 bits per heavy atom. The summed E-state index contributed by atoms with van der Waals surface area (Å²) >= 11 is 0. The fourth-order valence-corrected chi connectivity index (χ4v) is 1.19. The molecule has 1 heterocycles. The van der Waals surface area contributed by atoms with Crippen LogP contribution in [0.4, 0.5) is 10.1 Å². The van der Waals surface area contributed by atoms with Gasteiger partial charge in [0.05, 0.1) is 7.11 Å². The van der Waals surface area contributed by atoms with Crippen molar-refractivity contribution in [3.8, 4) is 5.75 Å². The standard InChI is InChI=1S/C9H8FN5O2/c1-17-7-3-2-5(4-6(7)10)11-9(16)8-12-14-15-13-8/h2-4H,1H3,(H,11,16)(H,12,13,14,15). The minimum Gasteiger partial charge on any atom is -0.494 e. The number of anilines is 1. The number of hydrogen-bond acceptors (Lipinski definition) is 5. The molecule has 1 aromatic carbocycles. The van der Waals surface area contributed by atoms with Gasteiger partial charge in [-0.05, 0) is 17.3 Å². The monoisotopic (exact) mass is 237 g/mol. The van der Waals surface area contributed by atoms with Crippen molar-refractivity contribution in [3.63, 3.8) is 0 Å². The first-order valence-corrected chi connectivity index (χ1v) is 4.59. The molecule has 7 nitrogen and oxygen atoms in total. The Bertz CT molecular complexity index is 528. The molecular formula is C9H8FN5O2. The van der Waals surface area contributed by atoms with Crippen LogP contribution in [0.25, 0.3) is 0 Å². The number of nitrogens with one attached hydrogen (secondary N) is 2. The molecule has 1 amide bonds. The molecule has 1 aromatic heterocycles. The number of H-pyrrole nitrogens is 1. The van der Waals surface area contributed by atoms with Gasteiger partial charge in [0.25, 0.3) is 11.7 Å². The highest BCUT2D eigenvalue weighted by molar-refractivity contribution is 6.01. The molecule has 0 bridgehead atoms. The molecule has 0 aliphatic carbocycles. The van der Waals surface area contributed by atoms with E-state index < -0.39 is 11.7 Å². The maximum absolute atomic E-state index is 13.3. The van der Waals surface area contributed by atoms with Crippen LogP contribution in [-0.2, 0) is 0 Å². The maximum atomic E-state index is 13.3. The zero-order valence-electron chi connectivity index (χ0n) is 8.77. The van der Waals surface area contributed by atoms with Crippen molar-refractivity contribution in [2.75, 3.05) is 12.4 Å². The number of benzene rings is 1. The van der Waals surface area contributed by atoms with Gasteiger partial charge < -0.3 is 10.1 Å². The van der Waals surface area contributed by atoms with E-state index in [0.717, 1.165) is 6.07 Å². The smallest absolute Gasteiger partial charge is 0.297 e. The van der Waals surface area contributed by atoms with E-state index in [1.54, 1.807) is 0 Å². The Kier molecular flexibility index (Phi) is 2.95. The Morgan fingerprint density at radius 1 is 1.53 bits per heavy atom. The van der Waals surface area contributed by atoms with Gasteiger partial charge in [-0.3, -0.25) is 4.79 Å². The molecule has 0 aliphatic rings. The predicted octanol–water partition coefficient (Wildman–Crippen LogP) is 0.600. The van der Waals surface area contributed by atoms with Gasteiger partial charge in [0, 0.05) is 11.8 Å². The lowest BCUT2D eigenvalue weighted by molar-refractivity contribution is 0.101. The van der Waals surface area contributed by atoms with E-state index in [2.05, 4.69) is 25.9 Å². The van der Waals surface area contributed by atoms with Crippen molar-refractivity contribution in [1.82, 2.24) is 20.6 Å². The summed E-state index contributed by atoms with van der Waals surface area (Å²) in [4.78, 5) is 11.5. The molecule has 0 radical (unpaired) electrons. The summed E-state index contributed by atoms with van der Waals surface area (Å²) in [5.74, 6) is -1.18. The number of halogens is 1. The van der Waals surface area contributed by atoms with Crippen LogP contribution in [0, 0.1) is 5.82 Å². The SMILES string of the molecule is COc1ccc(NC(=O)c2nn[nH]n2)cc1F. The number of tetrazole rings is 1. The molecule has 0 unspecified atom stereocenters. The molecule has 2 N–H and O–H groups in total. The van der Waals surface area contributed by atoms with E-state index in [-0.39, 0.29) is 17.3 Å². The molecule has 0 spiro atoms. The first-order chi connectivity index (χ1) is 8.20. The van der Waals surface area contributed by atoms with Gasteiger partial charge in [0.2, 0.25) is 0 Å². The minimum atomic E-state index is -0.580. The van der Waals surface area contributed by atoms with E-state index >= 15 is 0 Å². The zero-order valence-corrected chi connectivity index (χ0v) is 8.77. The summed E-state index contributed by atoms with van der Waals surface area (Å²) in [7, 11) is 1.36. The van der Waals surface area contributed by atoms with Gasteiger partial charge in [0.15, 0.2) is 11.6 Å². The highest BCUT2D eigenvalue weighted by Crippen LogP contribution is 2.20. The summed E-state index contributed by atoms with van der Waals surface area (Å²) in [6.45, 7) is 0. The van der Waals surface area contributed by atoms with Crippen LogP contribution < -0.4 is 10.1 Å². The molecule has 0 atom stereocenters. The van der Waals surface area contributed by atoms with E-state index in [1.165, 1.54) is 19.2 Å². The second-order valence-corrected chi connectivity index (χ2v) is 3.04. The highest BCUT2D eigenvalue weighted by atomic mass is 19.1. The molecule has 2 aromatic rings. The fourth-order valence-electron chi connectivity index (χ4n) is 1.19. The van der Waals surface area contributed by atoms with Gasteiger partial charge in [-0.1, -0.05) is 0 Å². The molecule has 0 aliphatic heterocycles. The largest absolute Gasteiger partial charge is 0.494 e. The lowest BCUT2D eigenvalue weighted by atomic mass is 10.3. The second kappa shape index (κ2) is 4.56. The average Bonchev–Trinajstić information content (AvgIpc) is 2.82. The van der Waals surface area contributed by atoms with E-state index in [1.807, 2.05) is 0 Å². The van der Waals surface area contributed by atoms with Gasteiger partial charge in [0.1, 0.15) is 0 Å². The maximum Gasteiger partial charge on any atom is 0.297 e. The number of methoxy groups -OCH3 is 1. The summed E-state index contributed by atoms with van der Waals surface area (Å²) in [6.07, 6.45) is 0. The summed E-state index contributed by atoms with van der Waals surface area (Å²) in [6, 6.07) is 4.04. The lowest BCUT2D eigenvalue weighted by Crippen LogP contribution is -2.14. The van der Waals surface area contributed by atoms with Crippen LogP contribution in [0.15, 0.2) is 18.2 Å². The van der Waals surface area contributed by atoms with Crippen molar-refractivity contribution in [1.29, 1.82) is 0 Å². The molecule has 0 saturated carbocycles. The van der Waals surface area contributed by atoms with E-state index in [4.69, 9.17) is 4.74 Å². The Morgan fingerprint density at radius 3 is 2.94 bits per heavy atom. The van der Waals surface area contributed by atoms with Crippen molar-refractivity contribution >= 4 is 11.6 Å². The summed E-state index contributed by atoms with van der Waals surface area (Å²) < 4.78 is 18.1. The molecule has 2 rings (SSSR count). The van der Waals surface area contributed by atoms with Crippen LogP contribution in [0.5, 0.6) is 5.75 Å². The van der Waals surface area contributed by atoms with Gasteiger partial charge in [-0.25, -0.2) is 4.39 Å². The third kappa shape index (κ3) is 2.36. The molecular weight excluding hydrogens is 229 g/mol. The topological polar surface area (TPSA) is 92.8 Å². The molecule has 88 valence electrons. The quantitative estimate of drug-likeness (QED) is 0.815. The normalized spacial score (nSPS) is 10.0. The Labute approximate surface area is 95.0 Å². The highest BCUT2D eigenvalue weighted by Gasteiger charge is 2.12. The third-order valence-corrected chi connectivity index (χ3v) is 1.96. The molecule has 17 heavy (non-hydrogen) atoms. The van der Waals surface area contributed by atoms with Crippen molar-refractivity contribution in [3.05, 3.63) is 29.8 Å². The third-order valence-electron chi connectivity index (χ3n) is 1.96.